The topological polar surface area (TPSA) is 66.5 Å². The molecular weight excluding hydrogens is 380 g/mol. The fourth-order valence-corrected chi connectivity index (χ4v) is 8.93. The summed E-state index contributed by atoms with van der Waals surface area (Å²) in [6.07, 6.45) is 7.13. The first kappa shape index (κ1) is 19.4. The first-order valence-corrected chi connectivity index (χ1v) is 12.5. The van der Waals surface area contributed by atoms with Gasteiger partial charge in [0.1, 0.15) is 4.21 Å². The van der Waals surface area contributed by atoms with Gasteiger partial charge in [0, 0.05) is 23.4 Å². The summed E-state index contributed by atoms with van der Waals surface area (Å²) < 4.78 is 27.1. The minimum Gasteiger partial charge on any atom is -0.351 e. The molecule has 1 N–H and O–H groups in total. The van der Waals surface area contributed by atoms with Crippen LogP contribution in [0.5, 0.6) is 0 Å². The molecule has 0 spiro atoms. The molecule has 27 heavy (non-hydrogen) atoms. The summed E-state index contributed by atoms with van der Waals surface area (Å²) in [5.74, 6) is 2.43. The number of hydrogen-bond donors (Lipinski definition) is 1. The molecule has 4 fully saturated rings. The summed E-state index contributed by atoms with van der Waals surface area (Å²) in [4.78, 5) is 13.9. The third-order valence-corrected chi connectivity index (χ3v) is 10.5. The third kappa shape index (κ3) is 3.47. The molecule has 4 aliphatic carbocycles. The summed E-state index contributed by atoms with van der Waals surface area (Å²) in [5.41, 5.74) is -0.151. The van der Waals surface area contributed by atoms with Crippen LogP contribution >= 0.6 is 11.3 Å². The van der Waals surface area contributed by atoms with Crippen LogP contribution in [-0.4, -0.2) is 31.7 Å². The second-order valence-corrected chi connectivity index (χ2v) is 12.0. The van der Waals surface area contributed by atoms with Crippen LogP contribution in [0.1, 0.15) is 57.2 Å². The Labute approximate surface area is 166 Å². The van der Waals surface area contributed by atoms with E-state index in [-0.39, 0.29) is 11.3 Å². The lowest BCUT2D eigenvalue weighted by atomic mass is 9.49. The van der Waals surface area contributed by atoms with Gasteiger partial charge < -0.3 is 5.32 Å². The van der Waals surface area contributed by atoms with Crippen molar-refractivity contribution in [2.24, 2.45) is 23.2 Å². The molecule has 5 rings (SSSR count). The molecule has 0 unspecified atom stereocenters. The maximum atomic E-state index is 13.0. The van der Waals surface area contributed by atoms with Gasteiger partial charge in [0.2, 0.25) is 5.91 Å². The number of nitrogens with zero attached hydrogens (tertiary/aromatic N) is 1. The predicted octanol–water partition coefficient (Wildman–Crippen LogP) is 3.61. The second kappa shape index (κ2) is 7.16. The Morgan fingerprint density at radius 2 is 1.67 bits per heavy atom. The van der Waals surface area contributed by atoms with E-state index in [1.165, 1.54) is 34.9 Å². The smallest absolute Gasteiger partial charge is 0.252 e. The van der Waals surface area contributed by atoms with Crippen LogP contribution < -0.4 is 5.32 Å². The Bertz CT molecular complexity index is 776. The molecule has 0 aromatic carbocycles. The van der Waals surface area contributed by atoms with Crippen molar-refractivity contribution < 1.29 is 13.2 Å². The molecule has 4 bridgehead atoms. The Balaban J connectivity index is 1.41. The minimum atomic E-state index is -3.42. The van der Waals surface area contributed by atoms with Gasteiger partial charge in [-0.05, 0) is 68.4 Å². The standard InChI is InChI=1S/C20H30N2O3S2/c1-3-22(4-2)27(24,25)18-6-5-17(26-18)13-21-19(23)20-10-14-7-15(11-20)9-16(8-14)12-20/h5-6,14-16H,3-4,7-13H2,1-2H3,(H,21,23). The van der Waals surface area contributed by atoms with Gasteiger partial charge >= 0.3 is 0 Å². The van der Waals surface area contributed by atoms with Crippen molar-refractivity contribution in [3.63, 3.8) is 0 Å². The highest BCUT2D eigenvalue weighted by molar-refractivity contribution is 7.91. The average molecular weight is 411 g/mol. The highest BCUT2D eigenvalue weighted by Gasteiger charge is 2.54. The van der Waals surface area contributed by atoms with Gasteiger partial charge in [-0.1, -0.05) is 13.8 Å². The SMILES string of the molecule is CCN(CC)S(=O)(=O)c1ccc(CNC(=O)C23CC4CC(CC(C4)C2)C3)s1. The van der Waals surface area contributed by atoms with Gasteiger partial charge in [-0.25, -0.2) is 8.42 Å². The quantitative estimate of drug-likeness (QED) is 0.747. The first-order chi connectivity index (χ1) is 12.9. The first-order valence-electron chi connectivity index (χ1n) is 10.2. The lowest BCUT2D eigenvalue weighted by Crippen LogP contribution is -2.53. The Hall–Kier alpha value is -0.920. The zero-order valence-corrected chi connectivity index (χ0v) is 17.9. The lowest BCUT2D eigenvalue weighted by Gasteiger charge is -2.55. The van der Waals surface area contributed by atoms with Gasteiger partial charge in [-0.3, -0.25) is 4.79 Å². The molecule has 4 saturated carbocycles. The van der Waals surface area contributed by atoms with E-state index in [1.54, 1.807) is 6.07 Å². The summed E-state index contributed by atoms with van der Waals surface area (Å²) >= 11 is 1.27. The Morgan fingerprint density at radius 1 is 1.11 bits per heavy atom. The van der Waals surface area contributed by atoms with E-state index in [1.807, 2.05) is 19.9 Å². The summed E-state index contributed by atoms with van der Waals surface area (Å²) in [6, 6.07) is 3.51. The van der Waals surface area contributed by atoms with Crippen LogP contribution in [0.3, 0.4) is 0 Å². The molecule has 0 radical (unpaired) electrons. The number of nitrogens with one attached hydrogen (secondary N) is 1. The molecule has 0 atom stereocenters. The van der Waals surface area contributed by atoms with Crippen LogP contribution in [0.25, 0.3) is 0 Å². The number of amides is 1. The van der Waals surface area contributed by atoms with Crippen LogP contribution in [0.2, 0.25) is 0 Å². The highest BCUT2D eigenvalue weighted by Crippen LogP contribution is 2.60. The monoisotopic (exact) mass is 410 g/mol. The molecule has 1 aromatic rings. The van der Waals surface area contributed by atoms with Gasteiger partial charge in [-0.2, -0.15) is 4.31 Å². The van der Waals surface area contributed by atoms with Gasteiger partial charge in [-0.15, -0.1) is 11.3 Å². The van der Waals surface area contributed by atoms with Crippen molar-refractivity contribution in [3.8, 4) is 0 Å². The molecule has 0 aliphatic heterocycles. The number of carbonyl (C=O) groups excluding carboxylic acids is 1. The third-order valence-electron chi connectivity index (χ3n) is 6.88. The Kier molecular flexibility index (Phi) is 5.14. The van der Waals surface area contributed by atoms with Crippen LogP contribution in [0.4, 0.5) is 0 Å². The molecular formula is C20H30N2O3S2. The molecule has 1 aromatic heterocycles. The van der Waals surface area contributed by atoms with E-state index in [4.69, 9.17) is 0 Å². The molecule has 5 nitrogen and oxygen atoms in total. The van der Waals surface area contributed by atoms with E-state index >= 15 is 0 Å². The highest BCUT2D eigenvalue weighted by atomic mass is 32.2. The molecule has 1 heterocycles. The van der Waals surface area contributed by atoms with E-state index in [9.17, 15) is 13.2 Å². The van der Waals surface area contributed by atoms with Crippen molar-refractivity contribution in [1.29, 1.82) is 0 Å². The maximum absolute atomic E-state index is 13.0. The number of hydrogen-bond acceptors (Lipinski definition) is 4. The number of sulfonamides is 1. The fourth-order valence-electron chi connectivity index (χ4n) is 6.03. The minimum absolute atomic E-state index is 0.151. The van der Waals surface area contributed by atoms with Gasteiger partial charge in [0.15, 0.2) is 0 Å². The van der Waals surface area contributed by atoms with Crippen molar-refractivity contribution >= 4 is 27.3 Å². The van der Waals surface area contributed by atoms with Crippen LogP contribution in [0, 0.1) is 23.2 Å². The van der Waals surface area contributed by atoms with E-state index in [2.05, 4.69) is 5.32 Å². The van der Waals surface area contributed by atoms with Crippen molar-refractivity contribution in [1.82, 2.24) is 9.62 Å². The number of thiophene rings is 1. The largest absolute Gasteiger partial charge is 0.351 e. The molecule has 150 valence electrons. The number of rotatable bonds is 7. The van der Waals surface area contributed by atoms with Gasteiger partial charge in [0.05, 0.1) is 6.54 Å². The summed E-state index contributed by atoms with van der Waals surface area (Å²) in [7, 11) is -3.42. The lowest BCUT2D eigenvalue weighted by molar-refractivity contribution is -0.146. The average Bonchev–Trinajstić information content (AvgIpc) is 3.09. The van der Waals surface area contributed by atoms with Gasteiger partial charge in [0.25, 0.3) is 10.0 Å². The summed E-state index contributed by atoms with van der Waals surface area (Å²) in [6.45, 7) is 5.06. The van der Waals surface area contributed by atoms with Crippen molar-refractivity contribution in [2.45, 2.75) is 63.1 Å². The molecule has 0 saturated heterocycles. The second-order valence-electron chi connectivity index (χ2n) is 8.69. The number of carbonyl (C=O) groups is 1. The zero-order chi connectivity index (χ0) is 19.2. The normalized spacial score (nSPS) is 32.2. The van der Waals surface area contributed by atoms with E-state index in [0.717, 1.165) is 41.9 Å². The Morgan fingerprint density at radius 3 is 2.19 bits per heavy atom. The summed E-state index contributed by atoms with van der Waals surface area (Å²) in [5, 5.41) is 3.14. The van der Waals surface area contributed by atoms with Crippen molar-refractivity contribution in [3.05, 3.63) is 17.0 Å². The predicted molar refractivity (Wildman–Crippen MR) is 107 cm³/mol. The molecule has 4 aliphatic rings. The van der Waals surface area contributed by atoms with Crippen LogP contribution in [0.15, 0.2) is 16.3 Å². The molecule has 7 heteroatoms. The maximum Gasteiger partial charge on any atom is 0.252 e. The van der Waals surface area contributed by atoms with E-state index < -0.39 is 10.0 Å². The van der Waals surface area contributed by atoms with Crippen molar-refractivity contribution in [2.75, 3.05) is 13.1 Å². The van der Waals surface area contributed by atoms with E-state index in [0.29, 0.717) is 23.8 Å². The zero-order valence-electron chi connectivity index (χ0n) is 16.2. The molecule has 1 amide bonds. The van der Waals surface area contributed by atoms with Crippen LogP contribution in [-0.2, 0) is 21.4 Å². The fraction of sp³-hybridized carbons (Fsp3) is 0.750.